The molecule has 0 atom stereocenters. The largest absolute Gasteiger partial charge is 0.494 e. The van der Waals surface area contributed by atoms with E-state index < -0.39 is 5.54 Å². The van der Waals surface area contributed by atoms with Gasteiger partial charge in [-0.3, -0.25) is 9.69 Å². The number of carbonyl (C=O) groups excluding carboxylic acids is 1. The number of nitriles is 1. The molecule has 1 aromatic rings. The molecule has 0 spiro atoms. The Kier molecular flexibility index (Phi) is 6.83. The molecule has 1 fully saturated rings. The van der Waals surface area contributed by atoms with Crippen LogP contribution in [0.15, 0.2) is 24.3 Å². The van der Waals surface area contributed by atoms with Crippen molar-refractivity contribution in [2.75, 3.05) is 27.2 Å². The maximum Gasteiger partial charge on any atom is 0.237 e. The van der Waals surface area contributed by atoms with Crippen LogP contribution in [-0.4, -0.2) is 48.5 Å². The molecule has 0 unspecified atom stereocenters. The third-order valence-electron chi connectivity index (χ3n) is 5.00. The van der Waals surface area contributed by atoms with Crippen molar-refractivity contribution in [3.63, 3.8) is 0 Å². The van der Waals surface area contributed by atoms with Crippen LogP contribution in [0.5, 0.6) is 5.75 Å². The molecule has 0 N–H and O–H groups in total. The van der Waals surface area contributed by atoms with Crippen LogP contribution in [0, 0.1) is 11.3 Å². The number of benzene rings is 1. The highest BCUT2D eigenvalue weighted by molar-refractivity contribution is 5.79. The molecule has 1 amide bonds. The number of rotatable bonds is 7. The molecule has 0 radical (unpaired) electrons. The van der Waals surface area contributed by atoms with Gasteiger partial charge in [-0.15, -0.1) is 0 Å². The first-order valence-corrected chi connectivity index (χ1v) is 9.09. The summed E-state index contributed by atoms with van der Waals surface area (Å²) in [6, 6.07) is 10.4. The van der Waals surface area contributed by atoms with Gasteiger partial charge in [-0.2, -0.15) is 5.26 Å². The van der Waals surface area contributed by atoms with E-state index in [9.17, 15) is 10.1 Å². The fourth-order valence-corrected chi connectivity index (χ4v) is 3.46. The highest BCUT2D eigenvalue weighted by Gasteiger charge is 2.38. The second-order valence-electron chi connectivity index (χ2n) is 6.91. The van der Waals surface area contributed by atoms with E-state index in [0.717, 1.165) is 43.4 Å². The van der Waals surface area contributed by atoms with Gasteiger partial charge in [-0.05, 0) is 44.5 Å². The molecule has 0 bridgehead atoms. The second kappa shape index (κ2) is 8.87. The number of nitrogens with zero attached hydrogens (tertiary/aromatic N) is 3. The number of hydrogen-bond donors (Lipinski definition) is 0. The van der Waals surface area contributed by atoms with Crippen molar-refractivity contribution in [2.24, 2.45) is 0 Å². The lowest BCUT2D eigenvalue weighted by atomic mass is 9.81. The van der Waals surface area contributed by atoms with E-state index in [1.807, 2.05) is 43.1 Å². The number of amides is 1. The van der Waals surface area contributed by atoms with Gasteiger partial charge in [0.15, 0.2) is 0 Å². The van der Waals surface area contributed by atoms with E-state index in [2.05, 4.69) is 6.07 Å². The summed E-state index contributed by atoms with van der Waals surface area (Å²) in [6.45, 7) is 3.61. The van der Waals surface area contributed by atoms with Gasteiger partial charge in [0.1, 0.15) is 11.3 Å². The van der Waals surface area contributed by atoms with Crippen LogP contribution in [0.25, 0.3) is 0 Å². The normalized spacial score (nSPS) is 16.3. The summed E-state index contributed by atoms with van der Waals surface area (Å²) in [7, 11) is 3.71. The summed E-state index contributed by atoms with van der Waals surface area (Å²) in [5.41, 5.74) is 0.518. The predicted octanol–water partition coefficient (Wildman–Crippen LogP) is 3.20. The average molecular weight is 343 g/mol. The van der Waals surface area contributed by atoms with Crippen LogP contribution in [-0.2, 0) is 11.3 Å². The second-order valence-corrected chi connectivity index (χ2v) is 6.91. The molecule has 1 aliphatic carbocycles. The first-order valence-electron chi connectivity index (χ1n) is 9.09. The van der Waals surface area contributed by atoms with Gasteiger partial charge in [0, 0.05) is 13.6 Å². The fraction of sp³-hybridized carbons (Fsp3) is 0.600. The van der Waals surface area contributed by atoms with Crippen molar-refractivity contribution in [1.82, 2.24) is 9.80 Å². The molecule has 0 aliphatic heterocycles. The van der Waals surface area contributed by atoms with E-state index in [0.29, 0.717) is 19.7 Å². The van der Waals surface area contributed by atoms with Crippen molar-refractivity contribution in [1.29, 1.82) is 5.26 Å². The first-order chi connectivity index (χ1) is 12.0. The highest BCUT2D eigenvalue weighted by atomic mass is 16.5. The van der Waals surface area contributed by atoms with Crippen LogP contribution >= 0.6 is 0 Å². The fourth-order valence-electron chi connectivity index (χ4n) is 3.46. The average Bonchev–Trinajstić information content (AvgIpc) is 2.63. The molecule has 2 rings (SSSR count). The third kappa shape index (κ3) is 4.96. The van der Waals surface area contributed by atoms with E-state index in [1.54, 1.807) is 11.9 Å². The van der Waals surface area contributed by atoms with Gasteiger partial charge >= 0.3 is 0 Å². The summed E-state index contributed by atoms with van der Waals surface area (Å²) < 4.78 is 5.45. The van der Waals surface area contributed by atoms with Crippen molar-refractivity contribution >= 4 is 5.91 Å². The molecule has 0 heterocycles. The quantitative estimate of drug-likeness (QED) is 0.763. The Morgan fingerprint density at radius 3 is 2.40 bits per heavy atom. The number of hydrogen-bond acceptors (Lipinski definition) is 4. The van der Waals surface area contributed by atoms with Crippen LogP contribution in [0.3, 0.4) is 0 Å². The zero-order chi connectivity index (χ0) is 18.3. The maximum atomic E-state index is 12.7. The molecule has 5 heteroatoms. The van der Waals surface area contributed by atoms with Crippen molar-refractivity contribution in [3.05, 3.63) is 29.8 Å². The molecular formula is C20H29N3O2. The molecule has 25 heavy (non-hydrogen) atoms. The Hall–Kier alpha value is -2.06. The Labute approximate surface area is 151 Å². The summed E-state index contributed by atoms with van der Waals surface area (Å²) >= 11 is 0. The van der Waals surface area contributed by atoms with Crippen molar-refractivity contribution in [3.8, 4) is 11.8 Å². The molecule has 0 aromatic heterocycles. The van der Waals surface area contributed by atoms with Crippen LogP contribution in [0.4, 0.5) is 0 Å². The van der Waals surface area contributed by atoms with E-state index in [4.69, 9.17) is 4.74 Å². The maximum absolute atomic E-state index is 12.7. The molecule has 136 valence electrons. The van der Waals surface area contributed by atoms with Crippen molar-refractivity contribution in [2.45, 2.75) is 51.1 Å². The molecule has 1 saturated carbocycles. The molecular weight excluding hydrogens is 314 g/mol. The lowest BCUT2D eigenvalue weighted by Crippen LogP contribution is -2.52. The monoisotopic (exact) mass is 343 g/mol. The first kappa shape index (κ1) is 19.3. The zero-order valence-corrected chi connectivity index (χ0v) is 15.6. The summed E-state index contributed by atoms with van der Waals surface area (Å²) in [5, 5.41) is 9.63. The highest BCUT2D eigenvalue weighted by Crippen LogP contribution is 2.32. The minimum atomic E-state index is -0.616. The van der Waals surface area contributed by atoms with Crippen LogP contribution in [0.2, 0.25) is 0 Å². The Morgan fingerprint density at radius 1 is 1.20 bits per heavy atom. The van der Waals surface area contributed by atoms with Gasteiger partial charge in [0.25, 0.3) is 0 Å². The Bertz CT molecular complexity index is 600. The number of likely N-dealkylation sites (N-methyl/N-ethyl adjacent to an activating group) is 2. The van der Waals surface area contributed by atoms with Gasteiger partial charge in [-0.25, -0.2) is 0 Å². The van der Waals surface area contributed by atoms with Crippen LogP contribution in [0.1, 0.15) is 44.6 Å². The van der Waals surface area contributed by atoms with Crippen LogP contribution < -0.4 is 4.74 Å². The minimum Gasteiger partial charge on any atom is -0.494 e. The molecule has 1 aromatic carbocycles. The van der Waals surface area contributed by atoms with Gasteiger partial charge < -0.3 is 9.64 Å². The summed E-state index contributed by atoms with van der Waals surface area (Å²) in [4.78, 5) is 16.3. The van der Waals surface area contributed by atoms with Gasteiger partial charge in [-0.1, -0.05) is 31.4 Å². The predicted molar refractivity (Wildman–Crippen MR) is 98.1 cm³/mol. The Morgan fingerprint density at radius 2 is 1.84 bits per heavy atom. The van der Waals surface area contributed by atoms with Gasteiger partial charge in [0.05, 0.1) is 19.2 Å². The lowest BCUT2D eigenvalue weighted by molar-refractivity contribution is -0.135. The summed E-state index contributed by atoms with van der Waals surface area (Å²) in [5.74, 6) is 0.870. The SMILES string of the molecule is CCOc1ccc(CN(C)CC(=O)N(C)C2(C#N)CCCCC2)cc1. The standard InChI is InChI=1S/C20H29N3O2/c1-4-25-18-10-8-17(9-11-18)14-22(2)15-19(24)23(3)20(16-21)12-6-5-7-13-20/h8-11H,4-7,12-15H2,1-3H3. The van der Waals surface area contributed by atoms with E-state index in [1.165, 1.54) is 0 Å². The zero-order valence-electron chi connectivity index (χ0n) is 15.6. The van der Waals surface area contributed by atoms with E-state index in [-0.39, 0.29) is 5.91 Å². The topological polar surface area (TPSA) is 56.6 Å². The lowest BCUT2D eigenvalue weighted by Gasteiger charge is -2.39. The van der Waals surface area contributed by atoms with Gasteiger partial charge in [0.2, 0.25) is 5.91 Å². The minimum absolute atomic E-state index is 0.0110. The Balaban J connectivity index is 1.91. The van der Waals surface area contributed by atoms with Crippen molar-refractivity contribution < 1.29 is 9.53 Å². The third-order valence-corrected chi connectivity index (χ3v) is 5.00. The number of carbonyl (C=O) groups is 1. The summed E-state index contributed by atoms with van der Waals surface area (Å²) in [6.07, 6.45) is 4.77. The van der Waals surface area contributed by atoms with E-state index >= 15 is 0 Å². The molecule has 5 nitrogen and oxygen atoms in total. The smallest absolute Gasteiger partial charge is 0.237 e. The molecule has 0 saturated heterocycles. The number of ether oxygens (including phenoxy) is 1. The molecule has 1 aliphatic rings.